The number of thiazole rings is 1. The highest BCUT2D eigenvalue weighted by Gasteiger charge is 2.31. The second-order valence-corrected chi connectivity index (χ2v) is 9.81. The molecule has 3 rings (SSSR count). The van der Waals surface area contributed by atoms with Crippen LogP contribution in [0, 0.1) is 0 Å². The number of alkyl carbamates (subject to hydrolysis) is 1. The van der Waals surface area contributed by atoms with Crippen molar-refractivity contribution in [3.8, 4) is 0 Å². The molecule has 0 aliphatic carbocycles. The topological polar surface area (TPSA) is 126 Å². The number of benzene rings is 2. The zero-order valence-electron chi connectivity index (χ0n) is 20.0. The molecule has 0 spiro atoms. The smallest absolute Gasteiger partial charge is 0.407 e. The third-order valence-corrected chi connectivity index (χ3v) is 6.70. The van der Waals surface area contributed by atoms with Crippen molar-refractivity contribution < 1.29 is 35.9 Å². The van der Waals surface area contributed by atoms with E-state index in [-0.39, 0.29) is 23.5 Å². The van der Waals surface area contributed by atoms with Crippen molar-refractivity contribution in [2.24, 2.45) is 0 Å². The summed E-state index contributed by atoms with van der Waals surface area (Å²) in [5, 5.41) is 6.83. The highest BCUT2D eigenvalue weighted by Crippen LogP contribution is 2.27. The van der Waals surface area contributed by atoms with Crippen LogP contribution in [0.4, 0.5) is 23.7 Å². The zero-order valence-corrected chi connectivity index (χ0v) is 21.7. The summed E-state index contributed by atoms with van der Waals surface area (Å²) in [4.78, 5) is 29.4. The number of methoxy groups -OCH3 is 1. The maximum atomic E-state index is 13.3. The summed E-state index contributed by atoms with van der Waals surface area (Å²) in [7, 11) is -1.69. The average Bonchev–Trinajstić information content (AvgIpc) is 3.31. The second kappa shape index (κ2) is 13.2. The van der Waals surface area contributed by atoms with Gasteiger partial charge in [0.05, 0.1) is 25.3 Å². The summed E-state index contributed by atoms with van der Waals surface area (Å²) >= 11 is 0.975. The first-order valence-electron chi connectivity index (χ1n) is 11.2. The Labute approximate surface area is 222 Å². The SMILES string of the molecule is COC(=O)N[C@@H](Cc1ccccc1)C(=O)N[C@@H](Cc1ccc(N[SH](=O)=O)cc1)c1nc(CC(F)(F)F)cs1. The van der Waals surface area contributed by atoms with Crippen molar-refractivity contribution in [2.45, 2.75) is 37.5 Å². The van der Waals surface area contributed by atoms with Crippen LogP contribution in [-0.2, 0) is 39.7 Å². The number of anilines is 1. The van der Waals surface area contributed by atoms with Crippen molar-refractivity contribution >= 4 is 39.9 Å². The van der Waals surface area contributed by atoms with Crippen LogP contribution in [-0.4, -0.2) is 44.7 Å². The molecular weight excluding hydrogens is 545 g/mol. The van der Waals surface area contributed by atoms with Crippen molar-refractivity contribution in [1.82, 2.24) is 15.6 Å². The van der Waals surface area contributed by atoms with Gasteiger partial charge in [0.1, 0.15) is 11.0 Å². The van der Waals surface area contributed by atoms with Gasteiger partial charge in [-0.05, 0) is 29.7 Å². The standard InChI is InChI=1S/C24H25F3N4O5S2/c1-36-23(33)30-19(11-15-5-3-2-4-6-15)21(32)29-20(22-28-18(14-37-22)13-24(25,26)27)12-16-7-9-17(10-8-16)31-38(34)35/h2-10,14,19-20,38H,11-13H2,1H3,(H,29,32)(H,30,33)(H,31,34,35)/t19-,20-/m0/s1. The van der Waals surface area contributed by atoms with E-state index in [1.54, 1.807) is 42.5 Å². The Hall–Kier alpha value is -3.65. The molecule has 0 saturated carbocycles. The minimum Gasteiger partial charge on any atom is -0.453 e. The Kier molecular flexibility index (Phi) is 10.1. The van der Waals surface area contributed by atoms with Crippen LogP contribution in [0.15, 0.2) is 60.0 Å². The van der Waals surface area contributed by atoms with Crippen molar-refractivity contribution in [3.05, 3.63) is 81.8 Å². The molecule has 0 bridgehead atoms. The van der Waals surface area contributed by atoms with Gasteiger partial charge in [0.25, 0.3) is 0 Å². The Morgan fingerprint density at radius 3 is 2.26 bits per heavy atom. The molecule has 0 radical (unpaired) electrons. The fourth-order valence-corrected chi connectivity index (χ4v) is 4.79. The fourth-order valence-electron chi connectivity index (χ4n) is 3.56. The van der Waals surface area contributed by atoms with Gasteiger partial charge in [0.15, 0.2) is 0 Å². The van der Waals surface area contributed by atoms with Crippen molar-refractivity contribution in [3.63, 3.8) is 0 Å². The van der Waals surface area contributed by atoms with Gasteiger partial charge in [-0.15, -0.1) is 11.3 Å². The number of carbonyl (C=O) groups excluding carboxylic acids is 2. The summed E-state index contributed by atoms with van der Waals surface area (Å²) in [5.41, 5.74) is 1.58. The van der Waals surface area contributed by atoms with Gasteiger partial charge in [-0.25, -0.2) is 18.2 Å². The quantitative estimate of drug-likeness (QED) is 0.261. The summed E-state index contributed by atoms with van der Waals surface area (Å²) in [5.74, 6) is -0.585. The number of alkyl halides is 3. The van der Waals surface area contributed by atoms with Gasteiger partial charge in [0.2, 0.25) is 16.8 Å². The van der Waals surface area contributed by atoms with E-state index in [9.17, 15) is 31.2 Å². The Balaban J connectivity index is 1.86. The lowest BCUT2D eigenvalue weighted by molar-refractivity contribution is -0.128. The third kappa shape index (κ3) is 9.34. The van der Waals surface area contributed by atoms with Crippen LogP contribution in [0.3, 0.4) is 0 Å². The number of rotatable bonds is 11. The summed E-state index contributed by atoms with van der Waals surface area (Å²) in [6.45, 7) is 0. The maximum absolute atomic E-state index is 13.3. The molecule has 14 heteroatoms. The lowest BCUT2D eigenvalue weighted by Gasteiger charge is -2.22. The molecule has 0 unspecified atom stereocenters. The second-order valence-electron chi connectivity index (χ2n) is 8.18. The number of nitrogens with zero attached hydrogens (tertiary/aromatic N) is 1. The minimum atomic E-state index is -4.44. The van der Waals surface area contributed by atoms with Gasteiger partial charge in [0, 0.05) is 17.5 Å². The van der Waals surface area contributed by atoms with Crippen LogP contribution in [0.2, 0.25) is 0 Å². The van der Waals surface area contributed by atoms with E-state index in [1.165, 1.54) is 17.5 Å². The lowest BCUT2D eigenvalue weighted by Crippen LogP contribution is -2.49. The normalized spacial score (nSPS) is 13.0. The van der Waals surface area contributed by atoms with E-state index >= 15 is 0 Å². The molecular formula is C24H25F3N4O5S2. The molecule has 2 aromatic carbocycles. The van der Waals surface area contributed by atoms with Crippen LogP contribution >= 0.6 is 11.3 Å². The number of carbonyl (C=O) groups is 2. The number of nitrogens with one attached hydrogen (secondary N) is 3. The average molecular weight is 571 g/mol. The van der Waals surface area contributed by atoms with E-state index in [1.807, 2.05) is 0 Å². The van der Waals surface area contributed by atoms with Crippen LogP contribution in [0.25, 0.3) is 0 Å². The molecule has 0 fully saturated rings. The van der Waals surface area contributed by atoms with Crippen LogP contribution in [0.5, 0.6) is 0 Å². The highest BCUT2D eigenvalue weighted by atomic mass is 32.2. The first kappa shape index (κ1) is 28.9. The number of hydrogen-bond donors (Lipinski definition) is 4. The number of aromatic nitrogens is 1. The predicted molar refractivity (Wildman–Crippen MR) is 136 cm³/mol. The van der Waals surface area contributed by atoms with E-state index in [2.05, 4.69) is 25.1 Å². The summed E-state index contributed by atoms with van der Waals surface area (Å²) < 4.78 is 67.4. The van der Waals surface area contributed by atoms with Gasteiger partial charge in [-0.2, -0.15) is 13.2 Å². The first-order valence-corrected chi connectivity index (χ1v) is 13.3. The molecule has 2 amide bonds. The van der Waals surface area contributed by atoms with Gasteiger partial charge in [-0.1, -0.05) is 42.5 Å². The monoisotopic (exact) mass is 570 g/mol. The number of hydrogen-bond acceptors (Lipinski definition) is 7. The van der Waals surface area contributed by atoms with Gasteiger partial charge >= 0.3 is 12.3 Å². The minimum absolute atomic E-state index is 0.138. The van der Waals surface area contributed by atoms with E-state index in [4.69, 9.17) is 0 Å². The summed E-state index contributed by atoms with van der Waals surface area (Å²) in [6.07, 6.45) is -6.19. The van der Waals surface area contributed by atoms with E-state index < -0.39 is 47.6 Å². The predicted octanol–water partition coefficient (Wildman–Crippen LogP) is 3.55. The largest absolute Gasteiger partial charge is 0.453 e. The number of ether oxygens (including phenoxy) is 1. The van der Waals surface area contributed by atoms with Gasteiger partial charge < -0.3 is 15.4 Å². The highest BCUT2D eigenvalue weighted by molar-refractivity contribution is 7.73. The third-order valence-electron chi connectivity index (χ3n) is 5.26. The van der Waals surface area contributed by atoms with Crippen LogP contribution < -0.4 is 15.4 Å². The van der Waals surface area contributed by atoms with Crippen molar-refractivity contribution in [1.29, 1.82) is 0 Å². The Morgan fingerprint density at radius 2 is 1.66 bits per heavy atom. The Morgan fingerprint density at radius 1 is 1.00 bits per heavy atom. The van der Waals surface area contributed by atoms with E-state index in [0.29, 0.717) is 11.3 Å². The fraction of sp³-hybridized carbons (Fsp3) is 0.292. The number of thiol groups is 1. The van der Waals surface area contributed by atoms with Crippen molar-refractivity contribution in [2.75, 3.05) is 11.8 Å². The molecule has 0 aliphatic heterocycles. The molecule has 38 heavy (non-hydrogen) atoms. The molecule has 1 heterocycles. The molecule has 9 nitrogen and oxygen atoms in total. The molecule has 204 valence electrons. The van der Waals surface area contributed by atoms with Gasteiger partial charge in [-0.3, -0.25) is 9.52 Å². The zero-order chi connectivity index (χ0) is 27.7. The Bertz CT molecular complexity index is 1290. The molecule has 0 saturated heterocycles. The lowest BCUT2D eigenvalue weighted by atomic mass is 10.0. The molecule has 2 atom stereocenters. The molecule has 0 aliphatic rings. The molecule has 1 aromatic heterocycles. The summed E-state index contributed by atoms with van der Waals surface area (Å²) in [6, 6.07) is 13.4. The maximum Gasteiger partial charge on any atom is 0.407 e. The first-order chi connectivity index (χ1) is 18.0. The van der Waals surface area contributed by atoms with Crippen LogP contribution in [0.1, 0.15) is 27.9 Å². The number of amides is 2. The number of halogens is 3. The van der Waals surface area contributed by atoms with E-state index in [0.717, 1.165) is 24.0 Å². The molecule has 3 aromatic rings. The molecule has 3 N–H and O–H groups in total.